The Morgan fingerprint density at radius 3 is 2.60 bits per heavy atom. The van der Waals surface area contributed by atoms with Gasteiger partial charge in [0.1, 0.15) is 0 Å². The molecule has 0 radical (unpaired) electrons. The molecule has 2 aliphatic rings. The van der Waals surface area contributed by atoms with Crippen molar-refractivity contribution in [2.45, 2.75) is 95.1 Å². The molecule has 1 aromatic carbocycles. The minimum atomic E-state index is -0.884. The number of unbranched alkanes of at least 4 members (excludes halogenated alkanes) is 1. The molecule has 168 valence electrons. The van der Waals surface area contributed by atoms with E-state index in [0.29, 0.717) is 11.6 Å². The highest BCUT2D eigenvalue weighted by molar-refractivity contribution is 6.21. The lowest BCUT2D eigenvalue weighted by Gasteiger charge is -2.46. The topological polar surface area (TPSA) is 60.8 Å². The van der Waals surface area contributed by atoms with Gasteiger partial charge in [-0.3, -0.25) is 4.90 Å². The fraction of sp³-hybridized carbons (Fsp3) is 0.720. The Kier molecular flexibility index (Phi) is 8.62. The van der Waals surface area contributed by atoms with Crippen LogP contribution >= 0.6 is 11.6 Å². The van der Waals surface area contributed by atoms with Gasteiger partial charge in [-0.1, -0.05) is 38.3 Å². The van der Waals surface area contributed by atoms with Crippen LogP contribution < -0.4 is 0 Å². The van der Waals surface area contributed by atoms with Crippen LogP contribution in [0.5, 0.6) is 0 Å². The molecule has 4 nitrogen and oxygen atoms in total. The predicted molar refractivity (Wildman–Crippen MR) is 122 cm³/mol. The SMILES string of the molecule is CCCCC1(C(O)CCCN2CCC(Cl)C2CCc2ccc(C(=O)O)cc2)CCC1. The van der Waals surface area contributed by atoms with Gasteiger partial charge in [-0.15, -0.1) is 11.6 Å². The highest BCUT2D eigenvalue weighted by Gasteiger charge is 2.42. The first kappa shape index (κ1) is 23.6. The number of aromatic carboxylic acids is 1. The molecule has 1 saturated carbocycles. The number of likely N-dealkylation sites (tertiary alicyclic amines) is 1. The minimum absolute atomic E-state index is 0.154. The average Bonchev–Trinajstić information content (AvgIpc) is 3.05. The van der Waals surface area contributed by atoms with Crippen LogP contribution in [0.15, 0.2) is 24.3 Å². The van der Waals surface area contributed by atoms with Crippen molar-refractivity contribution in [3.8, 4) is 0 Å². The average molecular weight is 436 g/mol. The molecule has 0 spiro atoms. The molecule has 30 heavy (non-hydrogen) atoms. The lowest BCUT2D eigenvalue weighted by molar-refractivity contribution is -0.0486. The Bertz CT molecular complexity index is 673. The summed E-state index contributed by atoms with van der Waals surface area (Å²) in [7, 11) is 0. The molecule has 1 aromatic rings. The van der Waals surface area contributed by atoms with Gasteiger partial charge in [0.2, 0.25) is 0 Å². The van der Waals surface area contributed by atoms with Crippen LogP contribution in [0, 0.1) is 5.41 Å². The molecule has 1 saturated heterocycles. The number of alkyl halides is 1. The summed E-state index contributed by atoms with van der Waals surface area (Å²) in [5.74, 6) is -0.884. The van der Waals surface area contributed by atoms with E-state index in [9.17, 15) is 9.90 Å². The number of hydrogen-bond acceptors (Lipinski definition) is 3. The van der Waals surface area contributed by atoms with Crippen LogP contribution in [0.2, 0.25) is 0 Å². The summed E-state index contributed by atoms with van der Waals surface area (Å²) >= 11 is 6.64. The molecule has 3 atom stereocenters. The molecule has 5 heteroatoms. The normalized spacial score (nSPS) is 24.5. The van der Waals surface area contributed by atoms with E-state index in [1.165, 1.54) is 38.5 Å². The van der Waals surface area contributed by atoms with Crippen molar-refractivity contribution in [3.05, 3.63) is 35.4 Å². The molecular formula is C25H38ClNO3. The summed E-state index contributed by atoms with van der Waals surface area (Å²) in [5, 5.41) is 20.1. The predicted octanol–water partition coefficient (Wildman–Crippen LogP) is 5.50. The van der Waals surface area contributed by atoms with Gasteiger partial charge >= 0.3 is 5.97 Å². The van der Waals surface area contributed by atoms with E-state index in [0.717, 1.165) is 50.8 Å². The molecule has 0 amide bonds. The molecule has 2 fully saturated rings. The van der Waals surface area contributed by atoms with E-state index >= 15 is 0 Å². The van der Waals surface area contributed by atoms with Crippen LogP contribution in [-0.4, -0.2) is 51.7 Å². The number of aliphatic hydroxyl groups excluding tert-OH is 1. The number of benzene rings is 1. The van der Waals surface area contributed by atoms with Crippen LogP contribution in [-0.2, 0) is 6.42 Å². The number of carboxylic acid groups (broad SMARTS) is 1. The molecule has 1 aliphatic heterocycles. The van der Waals surface area contributed by atoms with E-state index in [1.807, 2.05) is 12.1 Å². The number of carboxylic acids is 1. The van der Waals surface area contributed by atoms with E-state index in [4.69, 9.17) is 16.7 Å². The zero-order chi connectivity index (χ0) is 21.6. The van der Waals surface area contributed by atoms with E-state index < -0.39 is 5.97 Å². The quantitative estimate of drug-likeness (QED) is 0.425. The maximum absolute atomic E-state index is 11.0. The highest BCUT2D eigenvalue weighted by atomic mass is 35.5. The Hall–Kier alpha value is -1.10. The summed E-state index contributed by atoms with van der Waals surface area (Å²) < 4.78 is 0. The molecular weight excluding hydrogens is 398 g/mol. The number of halogens is 1. The Morgan fingerprint density at radius 2 is 2.00 bits per heavy atom. The zero-order valence-electron chi connectivity index (χ0n) is 18.4. The summed E-state index contributed by atoms with van der Waals surface area (Å²) in [6.07, 6.45) is 12.0. The number of carbonyl (C=O) groups is 1. The van der Waals surface area contributed by atoms with Crippen molar-refractivity contribution in [3.63, 3.8) is 0 Å². The Labute approximate surface area is 186 Å². The molecule has 3 unspecified atom stereocenters. The Morgan fingerprint density at radius 1 is 1.27 bits per heavy atom. The van der Waals surface area contributed by atoms with Crippen LogP contribution in [0.25, 0.3) is 0 Å². The summed E-state index contributed by atoms with van der Waals surface area (Å²) in [5.41, 5.74) is 1.70. The second-order valence-electron chi connectivity index (χ2n) is 9.43. The van der Waals surface area contributed by atoms with Gasteiger partial charge in [0, 0.05) is 6.04 Å². The maximum Gasteiger partial charge on any atom is 0.335 e. The monoisotopic (exact) mass is 435 g/mol. The molecule has 1 heterocycles. The van der Waals surface area contributed by atoms with Crippen molar-refractivity contribution in [2.24, 2.45) is 5.41 Å². The lowest BCUT2D eigenvalue weighted by Crippen LogP contribution is -2.42. The second-order valence-corrected chi connectivity index (χ2v) is 9.99. The van der Waals surface area contributed by atoms with Crippen molar-refractivity contribution in [1.29, 1.82) is 0 Å². The van der Waals surface area contributed by atoms with Gasteiger partial charge in [-0.25, -0.2) is 4.79 Å². The fourth-order valence-electron chi connectivity index (χ4n) is 5.35. The van der Waals surface area contributed by atoms with Crippen molar-refractivity contribution in [1.82, 2.24) is 4.90 Å². The van der Waals surface area contributed by atoms with Crippen molar-refractivity contribution < 1.29 is 15.0 Å². The number of aliphatic hydroxyl groups is 1. The molecule has 0 aromatic heterocycles. The lowest BCUT2D eigenvalue weighted by atomic mass is 9.61. The number of nitrogens with zero attached hydrogens (tertiary/aromatic N) is 1. The summed E-state index contributed by atoms with van der Waals surface area (Å²) in [6.45, 7) is 4.27. The third-order valence-electron chi connectivity index (χ3n) is 7.52. The van der Waals surface area contributed by atoms with E-state index in [2.05, 4.69) is 11.8 Å². The maximum atomic E-state index is 11.0. The minimum Gasteiger partial charge on any atom is -0.478 e. The Balaban J connectivity index is 1.45. The van der Waals surface area contributed by atoms with Gasteiger partial charge in [-0.05, 0) is 87.6 Å². The molecule has 0 bridgehead atoms. The molecule has 3 rings (SSSR count). The first-order valence-corrected chi connectivity index (χ1v) is 12.3. The van der Waals surface area contributed by atoms with Gasteiger partial charge in [0.25, 0.3) is 0 Å². The number of aryl methyl sites for hydroxylation is 1. The van der Waals surface area contributed by atoms with Crippen molar-refractivity contribution in [2.75, 3.05) is 13.1 Å². The number of rotatable bonds is 12. The molecule has 1 aliphatic carbocycles. The smallest absolute Gasteiger partial charge is 0.335 e. The van der Waals surface area contributed by atoms with E-state index in [-0.39, 0.29) is 16.9 Å². The summed E-state index contributed by atoms with van der Waals surface area (Å²) in [4.78, 5) is 13.5. The van der Waals surface area contributed by atoms with Gasteiger partial charge in [0.05, 0.1) is 17.0 Å². The first-order valence-electron chi connectivity index (χ1n) is 11.8. The van der Waals surface area contributed by atoms with Crippen molar-refractivity contribution >= 4 is 17.6 Å². The van der Waals surface area contributed by atoms with E-state index in [1.54, 1.807) is 12.1 Å². The third-order valence-corrected chi connectivity index (χ3v) is 8.02. The van der Waals surface area contributed by atoms with Crippen LogP contribution in [0.3, 0.4) is 0 Å². The van der Waals surface area contributed by atoms with Crippen LogP contribution in [0.4, 0.5) is 0 Å². The summed E-state index contributed by atoms with van der Waals surface area (Å²) in [6, 6.07) is 7.55. The standard InChI is InChI=1S/C25H38ClNO3/c1-2-3-14-25(15-5-16-25)23(28)6-4-17-27-18-13-21(26)22(27)12-9-19-7-10-20(11-8-19)24(29)30/h7-8,10-11,21-23,28H,2-6,9,12-18H2,1H3,(H,29,30). The highest BCUT2D eigenvalue weighted by Crippen LogP contribution is 2.49. The second kappa shape index (κ2) is 11.0. The molecule has 2 N–H and O–H groups in total. The third kappa shape index (κ3) is 5.77. The first-order chi connectivity index (χ1) is 14.4. The van der Waals surface area contributed by atoms with Gasteiger partial charge < -0.3 is 10.2 Å². The number of hydrogen-bond donors (Lipinski definition) is 2. The van der Waals surface area contributed by atoms with Gasteiger partial charge in [0.15, 0.2) is 0 Å². The largest absolute Gasteiger partial charge is 0.478 e. The van der Waals surface area contributed by atoms with Gasteiger partial charge in [-0.2, -0.15) is 0 Å². The zero-order valence-corrected chi connectivity index (χ0v) is 19.1. The fourth-order valence-corrected chi connectivity index (χ4v) is 5.73. The van der Waals surface area contributed by atoms with Crippen LogP contribution in [0.1, 0.15) is 87.1 Å².